The first-order valence-electron chi connectivity index (χ1n) is 34.2. The van der Waals surface area contributed by atoms with Gasteiger partial charge in [0.1, 0.15) is 13.2 Å². The second kappa shape index (κ2) is 69.0. The highest BCUT2D eigenvalue weighted by atomic mass is 16.6. The fourth-order valence-corrected chi connectivity index (χ4v) is 9.24. The van der Waals surface area contributed by atoms with E-state index in [0.717, 1.165) is 141 Å². The highest BCUT2D eigenvalue weighted by Crippen LogP contribution is 2.16. The molecule has 0 N–H and O–H groups in total. The van der Waals surface area contributed by atoms with Crippen LogP contribution in [0.5, 0.6) is 0 Å². The molecule has 0 radical (unpaired) electrons. The fourth-order valence-electron chi connectivity index (χ4n) is 9.24. The highest BCUT2D eigenvalue weighted by Gasteiger charge is 2.19. The van der Waals surface area contributed by atoms with E-state index >= 15 is 0 Å². The molecule has 6 nitrogen and oxygen atoms in total. The predicted molar refractivity (Wildman–Crippen MR) is 357 cm³/mol. The Morgan fingerprint density at radius 1 is 0.256 bits per heavy atom. The quantitative estimate of drug-likeness (QED) is 0.0261. The molecule has 466 valence electrons. The van der Waals surface area contributed by atoms with Crippen molar-refractivity contribution < 1.29 is 28.6 Å². The molecular formula is C76H126O6. The Kier molecular flexibility index (Phi) is 65.3. The average molecular weight is 1140 g/mol. The summed E-state index contributed by atoms with van der Waals surface area (Å²) in [6.07, 6.45) is 97.5. The van der Waals surface area contributed by atoms with Gasteiger partial charge < -0.3 is 14.2 Å². The molecule has 1 unspecified atom stereocenters. The van der Waals surface area contributed by atoms with E-state index in [-0.39, 0.29) is 31.1 Å². The first-order valence-corrected chi connectivity index (χ1v) is 34.2. The van der Waals surface area contributed by atoms with Crippen LogP contribution < -0.4 is 0 Å². The van der Waals surface area contributed by atoms with Gasteiger partial charge in [-0.2, -0.15) is 0 Å². The zero-order valence-electron chi connectivity index (χ0n) is 53.5. The summed E-state index contributed by atoms with van der Waals surface area (Å²) >= 11 is 0. The van der Waals surface area contributed by atoms with Crippen molar-refractivity contribution in [1.82, 2.24) is 0 Å². The van der Waals surface area contributed by atoms with E-state index in [0.29, 0.717) is 19.3 Å². The predicted octanol–water partition coefficient (Wildman–Crippen LogP) is 23.7. The van der Waals surface area contributed by atoms with Crippen molar-refractivity contribution in [2.24, 2.45) is 0 Å². The molecule has 0 aromatic rings. The van der Waals surface area contributed by atoms with E-state index in [9.17, 15) is 14.4 Å². The molecule has 0 aromatic heterocycles. The molecule has 0 heterocycles. The van der Waals surface area contributed by atoms with Gasteiger partial charge in [-0.1, -0.05) is 289 Å². The van der Waals surface area contributed by atoms with Gasteiger partial charge in [-0.15, -0.1) is 0 Å². The summed E-state index contributed by atoms with van der Waals surface area (Å²) in [5.74, 6) is -0.908. The molecule has 0 aliphatic heterocycles. The van der Waals surface area contributed by atoms with Crippen LogP contribution in [0.4, 0.5) is 0 Å². The smallest absolute Gasteiger partial charge is 0.306 e. The first kappa shape index (κ1) is 77.5. The normalized spacial score (nSPS) is 13.0. The van der Waals surface area contributed by atoms with Crippen molar-refractivity contribution in [2.45, 2.75) is 316 Å². The van der Waals surface area contributed by atoms with E-state index in [1.165, 1.54) is 128 Å². The summed E-state index contributed by atoms with van der Waals surface area (Å²) in [5, 5.41) is 0. The minimum Gasteiger partial charge on any atom is -0.462 e. The lowest BCUT2D eigenvalue weighted by Gasteiger charge is -2.18. The molecule has 0 saturated heterocycles. The molecule has 0 saturated carbocycles. The first-order chi connectivity index (χ1) is 40.5. The van der Waals surface area contributed by atoms with Crippen LogP contribution in [0.3, 0.4) is 0 Å². The van der Waals surface area contributed by atoms with E-state index in [1.807, 2.05) is 0 Å². The van der Waals surface area contributed by atoms with E-state index in [4.69, 9.17) is 14.2 Å². The topological polar surface area (TPSA) is 78.9 Å². The number of carbonyl (C=O) groups is 3. The summed E-state index contributed by atoms with van der Waals surface area (Å²) in [6, 6.07) is 0. The maximum absolute atomic E-state index is 12.9. The van der Waals surface area contributed by atoms with Gasteiger partial charge in [0.2, 0.25) is 0 Å². The Balaban J connectivity index is 4.28. The molecular weight excluding hydrogens is 1010 g/mol. The van der Waals surface area contributed by atoms with Crippen molar-refractivity contribution in [2.75, 3.05) is 13.2 Å². The van der Waals surface area contributed by atoms with Crippen LogP contribution in [0.2, 0.25) is 0 Å². The lowest BCUT2D eigenvalue weighted by molar-refractivity contribution is -0.167. The third kappa shape index (κ3) is 66.4. The van der Waals surface area contributed by atoms with Crippen LogP contribution >= 0.6 is 0 Å². The number of hydrogen-bond donors (Lipinski definition) is 0. The number of carbonyl (C=O) groups excluding carboxylic acids is 3. The Morgan fingerprint density at radius 2 is 0.488 bits per heavy atom. The number of esters is 3. The van der Waals surface area contributed by atoms with Crippen LogP contribution in [0.1, 0.15) is 310 Å². The van der Waals surface area contributed by atoms with Gasteiger partial charge in [-0.25, -0.2) is 0 Å². The van der Waals surface area contributed by atoms with Gasteiger partial charge in [0.15, 0.2) is 6.10 Å². The van der Waals surface area contributed by atoms with Gasteiger partial charge in [0.25, 0.3) is 0 Å². The largest absolute Gasteiger partial charge is 0.462 e. The summed E-state index contributed by atoms with van der Waals surface area (Å²) in [4.78, 5) is 38.4. The number of unbranched alkanes of at least 4 members (excludes halogenated alkanes) is 28. The van der Waals surface area contributed by atoms with Crippen molar-refractivity contribution in [1.29, 1.82) is 0 Å². The second-order valence-electron chi connectivity index (χ2n) is 22.3. The lowest BCUT2D eigenvalue weighted by atomic mass is 10.0. The molecule has 0 spiro atoms. The Hall–Kier alpha value is -4.45. The van der Waals surface area contributed by atoms with Gasteiger partial charge in [-0.3, -0.25) is 14.4 Å². The summed E-state index contributed by atoms with van der Waals surface area (Å²) < 4.78 is 16.9. The van der Waals surface area contributed by atoms with Crippen molar-refractivity contribution in [3.05, 3.63) is 134 Å². The molecule has 6 heteroatoms. The molecule has 82 heavy (non-hydrogen) atoms. The van der Waals surface area contributed by atoms with Crippen molar-refractivity contribution in [3.63, 3.8) is 0 Å². The lowest BCUT2D eigenvalue weighted by Crippen LogP contribution is -2.30. The minimum atomic E-state index is -0.794. The van der Waals surface area contributed by atoms with E-state index in [1.54, 1.807) is 0 Å². The third-order valence-corrected chi connectivity index (χ3v) is 14.4. The number of hydrogen-bond acceptors (Lipinski definition) is 6. The van der Waals surface area contributed by atoms with Crippen molar-refractivity contribution in [3.8, 4) is 0 Å². The molecule has 0 amide bonds. The highest BCUT2D eigenvalue weighted by molar-refractivity contribution is 5.71. The monoisotopic (exact) mass is 1130 g/mol. The Bertz CT molecular complexity index is 1730. The standard InChI is InChI=1S/C76H126O6/c1-4-7-10-13-16-19-22-25-28-30-31-32-33-34-35-36-37-38-39-40-41-42-43-44-45-47-48-51-54-57-60-63-66-69-75(78)81-72-73(71-80-74(77)68-65-62-59-56-53-50-27-24-21-18-15-12-9-6-3)82-76(79)70-67-64-61-58-55-52-49-46-29-26-23-20-17-14-11-8-5-2/h7,10,15-20,24-29,31-32,34-35,37-38,40-41,73H,4-6,8-9,11-14,21-23,30,33,36,39,42-72H2,1-3H3/b10-7-,18-15-,19-16-,20-17-,27-24-,28-25-,29-26-,32-31-,35-34-,38-37-,41-40-. The number of rotatable bonds is 61. The molecule has 0 fully saturated rings. The number of ether oxygens (including phenoxy) is 3. The SMILES string of the molecule is CC/C=C\C/C=C\C/C=C\C/C=C\C/C=C\C/C=C\C/C=C\CCCCCCCCCCCCCC(=O)OCC(COC(=O)CCCCCCC/C=C\C/C=C\CCCC)OC(=O)CCCCCCCCC/C=C\C/C=C\CCCCC. The zero-order chi connectivity index (χ0) is 59.2. The molecule has 0 bridgehead atoms. The average Bonchev–Trinajstić information content (AvgIpc) is 3.47. The zero-order valence-corrected chi connectivity index (χ0v) is 53.5. The third-order valence-electron chi connectivity index (χ3n) is 14.4. The van der Waals surface area contributed by atoms with Gasteiger partial charge >= 0.3 is 17.9 Å². The maximum Gasteiger partial charge on any atom is 0.306 e. The molecule has 1 atom stereocenters. The van der Waals surface area contributed by atoms with Crippen LogP contribution in [0, 0.1) is 0 Å². The summed E-state index contributed by atoms with van der Waals surface area (Å²) in [6.45, 7) is 6.45. The van der Waals surface area contributed by atoms with Crippen molar-refractivity contribution >= 4 is 17.9 Å². The summed E-state index contributed by atoms with van der Waals surface area (Å²) in [7, 11) is 0. The Labute approximate surface area is 506 Å². The van der Waals surface area contributed by atoms with Gasteiger partial charge in [0.05, 0.1) is 0 Å². The fraction of sp³-hybridized carbons (Fsp3) is 0.671. The molecule has 0 aromatic carbocycles. The van der Waals surface area contributed by atoms with Crippen LogP contribution in [0.15, 0.2) is 134 Å². The van der Waals surface area contributed by atoms with E-state index in [2.05, 4.69) is 154 Å². The molecule has 0 rings (SSSR count). The van der Waals surface area contributed by atoms with Gasteiger partial charge in [-0.05, 0) is 135 Å². The molecule has 0 aliphatic rings. The Morgan fingerprint density at radius 3 is 0.780 bits per heavy atom. The van der Waals surface area contributed by atoms with Gasteiger partial charge in [0, 0.05) is 19.3 Å². The summed E-state index contributed by atoms with van der Waals surface area (Å²) in [5.41, 5.74) is 0. The minimum absolute atomic E-state index is 0.0891. The number of allylic oxidation sites excluding steroid dienone is 22. The van der Waals surface area contributed by atoms with Crippen LogP contribution in [-0.2, 0) is 28.6 Å². The van der Waals surface area contributed by atoms with Crippen LogP contribution in [-0.4, -0.2) is 37.2 Å². The van der Waals surface area contributed by atoms with Crippen LogP contribution in [0.25, 0.3) is 0 Å². The van der Waals surface area contributed by atoms with E-state index < -0.39 is 6.10 Å². The molecule has 0 aliphatic carbocycles. The maximum atomic E-state index is 12.9. The second-order valence-corrected chi connectivity index (χ2v) is 22.3.